The summed E-state index contributed by atoms with van der Waals surface area (Å²) in [5.74, 6) is -0.595. The van der Waals surface area contributed by atoms with Gasteiger partial charge in [0.05, 0.1) is 18.8 Å². The van der Waals surface area contributed by atoms with E-state index in [4.69, 9.17) is 9.47 Å². The Hall–Kier alpha value is -2.38. The number of thiophene rings is 1. The number of amides is 1. The van der Waals surface area contributed by atoms with E-state index < -0.39 is 5.97 Å². The van der Waals surface area contributed by atoms with Gasteiger partial charge in [0, 0.05) is 23.3 Å². The molecule has 172 valence electrons. The van der Waals surface area contributed by atoms with Gasteiger partial charge in [-0.3, -0.25) is 4.79 Å². The van der Waals surface area contributed by atoms with Gasteiger partial charge < -0.3 is 19.9 Å². The zero-order valence-corrected chi connectivity index (χ0v) is 19.9. The fourth-order valence-electron chi connectivity index (χ4n) is 5.16. The van der Waals surface area contributed by atoms with Gasteiger partial charge in [-0.25, -0.2) is 4.79 Å². The third kappa shape index (κ3) is 4.69. The first-order valence-corrected chi connectivity index (χ1v) is 11.9. The predicted molar refractivity (Wildman–Crippen MR) is 125 cm³/mol. The van der Waals surface area contributed by atoms with Crippen molar-refractivity contribution in [3.63, 3.8) is 0 Å². The van der Waals surface area contributed by atoms with E-state index in [1.165, 1.54) is 11.3 Å². The van der Waals surface area contributed by atoms with Crippen LogP contribution in [0.15, 0.2) is 24.3 Å². The lowest BCUT2D eigenvalue weighted by Gasteiger charge is -2.40. The number of carboxylic acids is 1. The molecule has 0 atom stereocenters. The molecular formula is C25H31NO5S. The average molecular weight is 458 g/mol. The molecule has 1 fully saturated rings. The van der Waals surface area contributed by atoms with Crippen molar-refractivity contribution in [1.82, 2.24) is 0 Å². The predicted octanol–water partition coefficient (Wildman–Crippen LogP) is 5.51. The maximum atomic E-state index is 12.9. The number of hydrogen-bond acceptors (Lipinski definition) is 5. The summed E-state index contributed by atoms with van der Waals surface area (Å²) in [6.45, 7) is 10.0. The van der Waals surface area contributed by atoms with E-state index in [1.807, 2.05) is 0 Å². The van der Waals surface area contributed by atoms with E-state index in [2.05, 4.69) is 33.0 Å². The summed E-state index contributed by atoms with van der Waals surface area (Å²) in [4.78, 5) is 26.2. The smallest absolute Gasteiger partial charge is 0.339 e. The normalized spacial score (nSPS) is 19.8. The Morgan fingerprint density at radius 1 is 1.12 bits per heavy atom. The number of anilines is 1. The van der Waals surface area contributed by atoms with Gasteiger partial charge in [0.15, 0.2) is 0 Å². The maximum absolute atomic E-state index is 12.9. The molecule has 4 rings (SSSR count). The highest BCUT2D eigenvalue weighted by Gasteiger charge is 2.42. The summed E-state index contributed by atoms with van der Waals surface area (Å²) in [5.41, 5.74) is 1.42. The third-order valence-corrected chi connectivity index (χ3v) is 7.74. The van der Waals surface area contributed by atoms with Crippen molar-refractivity contribution < 1.29 is 24.2 Å². The number of ether oxygens (including phenoxy) is 2. The van der Waals surface area contributed by atoms with Crippen molar-refractivity contribution in [2.75, 3.05) is 18.5 Å². The Labute approximate surface area is 192 Å². The Morgan fingerprint density at radius 3 is 2.41 bits per heavy atom. The second-order valence-corrected chi connectivity index (χ2v) is 11.2. The monoisotopic (exact) mass is 457 g/mol. The second kappa shape index (κ2) is 8.52. The molecule has 0 bridgehead atoms. The lowest BCUT2D eigenvalue weighted by molar-refractivity contribution is 0.0255. The third-order valence-electron chi connectivity index (χ3n) is 6.23. The Morgan fingerprint density at radius 2 is 1.78 bits per heavy atom. The Balaban J connectivity index is 1.54. The van der Waals surface area contributed by atoms with Crippen LogP contribution in [0.3, 0.4) is 0 Å². The van der Waals surface area contributed by atoms with Crippen LogP contribution in [-0.4, -0.2) is 36.3 Å². The van der Waals surface area contributed by atoms with Gasteiger partial charge >= 0.3 is 5.97 Å². The Kier molecular flexibility index (Phi) is 6.07. The van der Waals surface area contributed by atoms with Crippen LogP contribution in [-0.2, 0) is 16.6 Å². The van der Waals surface area contributed by atoms with Crippen molar-refractivity contribution in [2.45, 2.75) is 64.9 Å². The molecule has 2 heterocycles. The summed E-state index contributed by atoms with van der Waals surface area (Å²) < 4.78 is 11.3. The van der Waals surface area contributed by atoms with Crippen LogP contribution >= 0.6 is 11.3 Å². The molecule has 1 saturated heterocycles. The molecule has 7 heteroatoms. The summed E-state index contributed by atoms with van der Waals surface area (Å²) in [6.07, 6.45) is 3.51. The fraction of sp³-hybridized carbons (Fsp3) is 0.520. The molecule has 1 aliphatic carbocycles. The summed E-state index contributed by atoms with van der Waals surface area (Å²) in [6, 6.07) is 7.00. The van der Waals surface area contributed by atoms with E-state index in [9.17, 15) is 14.7 Å². The second-order valence-electron chi connectivity index (χ2n) is 10.2. The molecule has 32 heavy (non-hydrogen) atoms. The van der Waals surface area contributed by atoms with Crippen LogP contribution in [0.4, 0.5) is 5.00 Å². The number of rotatable bonds is 5. The maximum Gasteiger partial charge on any atom is 0.339 e. The van der Waals surface area contributed by atoms with E-state index in [0.717, 1.165) is 35.5 Å². The number of aromatic carboxylic acids is 1. The van der Waals surface area contributed by atoms with Gasteiger partial charge in [-0.2, -0.15) is 0 Å². The number of carboxylic acid groups (broad SMARTS) is 1. The van der Waals surface area contributed by atoms with E-state index >= 15 is 0 Å². The molecular weight excluding hydrogens is 426 g/mol. The van der Waals surface area contributed by atoms with Crippen LogP contribution in [0.1, 0.15) is 78.1 Å². The molecule has 0 radical (unpaired) electrons. The first-order chi connectivity index (χ1) is 15.1. The van der Waals surface area contributed by atoms with Crippen LogP contribution in [0.5, 0.6) is 5.75 Å². The number of carbonyl (C=O) groups excluding carboxylic acids is 1. The van der Waals surface area contributed by atoms with Gasteiger partial charge in [0.25, 0.3) is 5.91 Å². The fourth-order valence-corrected chi connectivity index (χ4v) is 6.47. The van der Waals surface area contributed by atoms with Crippen LogP contribution < -0.4 is 10.1 Å². The number of nitrogens with one attached hydrogen (secondary N) is 1. The minimum atomic E-state index is -0.994. The standard InChI is InChI=1S/C25H31NO5S/c1-24(2)13-18-19(23(28)29)22(32-20(18)25(3,4)14-24)26-21(27)15-5-7-16(8-6-15)31-17-9-11-30-12-10-17/h5-8,17H,9-14H2,1-4H3,(H,26,27)(H,28,29). The van der Waals surface area contributed by atoms with Crippen molar-refractivity contribution in [2.24, 2.45) is 5.41 Å². The highest BCUT2D eigenvalue weighted by molar-refractivity contribution is 7.17. The molecule has 2 N–H and O–H groups in total. The van der Waals surface area contributed by atoms with Gasteiger partial charge in [-0.05, 0) is 53.5 Å². The molecule has 0 spiro atoms. The van der Waals surface area contributed by atoms with Crippen molar-refractivity contribution >= 4 is 28.2 Å². The Bertz CT molecular complexity index is 1020. The van der Waals surface area contributed by atoms with E-state index in [0.29, 0.717) is 30.2 Å². The van der Waals surface area contributed by atoms with Crippen molar-refractivity contribution in [1.29, 1.82) is 0 Å². The molecule has 1 aromatic heterocycles. The van der Waals surface area contributed by atoms with Crippen LogP contribution in [0.25, 0.3) is 0 Å². The molecule has 6 nitrogen and oxygen atoms in total. The van der Waals surface area contributed by atoms with E-state index in [1.54, 1.807) is 24.3 Å². The molecule has 0 saturated carbocycles. The quantitative estimate of drug-likeness (QED) is 0.619. The van der Waals surface area contributed by atoms with Crippen LogP contribution in [0.2, 0.25) is 0 Å². The molecule has 2 aliphatic rings. The van der Waals surface area contributed by atoms with E-state index in [-0.39, 0.29) is 28.4 Å². The first kappa shape index (κ1) is 22.8. The van der Waals surface area contributed by atoms with Crippen molar-refractivity contribution in [3.8, 4) is 5.75 Å². The van der Waals surface area contributed by atoms with Gasteiger partial charge in [-0.1, -0.05) is 27.7 Å². The molecule has 2 aromatic rings. The summed E-state index contributed by atoms with van der Waals surface area (Å²) >= 11 is 1.40. The minimum absolute atomic E-state index is 0.00331. The zero-order chi connectivity index (χ0) is 23.1. The molecule has 1 amide bonds. The SMILES string of the molecule is CC1(C)Cc2c(sc(NC(=O)c3ccc(OC4CCOCC4)cc3)c2C(=O)O)C(C)(C)C1. The summed E-state index contributed by atoms with van der Waals surface area (Å²) in [5, 5.41) is 13.2. The molecule has 1 aromatic carbocycles. The minimum Gasteiger partial charge on any atom is -0.490 e. The number of fused-ring (bicyclic) bond motifs is 1. The largest absolute Gasteiger partial charge is 0.490 e. The van der Waals surface area contributed by atoms with Crippen molar-refractivity contribution in [3.05, 3.63) is 45.8 Å². The topological polar surface area (TPSA) is 84.9 Å². The molecule has 0 unspecified atom stereocenters. The van der Waals surface area contributed by atoms with Crippen LogP contribution in [0, 0.1) is 5.41 Å². The lowest BCUT2D eigenvalue weighted by Crippen LogP contribution is -2.34. The highest BCUT2D eigenvalue weighted by Crippen LogP contribution is 2.52. The highest BCUT2D eigenvalue weighted by atomic mass is 32.1. The van der Waals surface area contributed by atoms with Gasteiger partial charge in [0.1, 0.15) is 16.9 Å². The first-order valence-electron chi connectivity index (χ1n) is 11.1. The van der Waals surface area contributed by atoms with Gasteiger partial charge in [0.2, 0.25) is 0 Å². The molecule has 1 aliphatic heterocycles. The number of carbonyl (C=O) groups is 2. The number of hydrogen-bond donors (Lipinski definition) is 2. The summed E-state index contributed by atoms with van der Waals surface area (Å²) in [7, 11) is 0. The lowest BCUT2D eigenvalue weighted by atomic mass is 9.65. The number of benzene rings is 1. The zero-order valence-electron chi connectivity index (χ0n) is 19.1. The van der Waals surface area contributed by atoms with Gasteiger partial charge in [-0.15, -0.1) is 11.3 Å². The average Bonchev–Trinajstić information content (AvgIpc) is 3.06.